The quantitative estimate of drug-likeness (QED) is 0.627. The molecule has 152 valence electrons. The number of hydrogen-bond donors (Lipinski definition) is 1. The molecule has 3 aromatic rings. The van der Waals surface area contributed by atoms with Gasteiger partial charge in [0.15, 0.2) is 0 Å². The van der Waals surface area contributed by atoms with Crippen LogP contribution >= 0.6 is 11.3 Å². The molecule has 0 bridgehead atoms. The number of carbonyl (C=O) groups excluding carboxylic acids is 2. The van der Waals surface area contributed by atoms with Crippen molar-refractivity contribution in [3.05, 3.63) is 47.0 Å². The van der Waals surface area contributed by atoms with Crippen LogP contribution in [-0.2, 0) is 4.79 Å². The molecule has 0 atom stereocenters. The molecule has 0 aliphatic carbocycles. The molecule has 1 aliphatic heterocycles. The van der Waals surface area contributed by atoms with Crippen LogP contribution in [-0.4, -0.2) is 46.1 Å². The molecule has 1 saturated heterocycles. The van der Waals surface area contributed by atoms with Gasteiger partial charge in [0.05, 0.1) is 16.3 Å². The minimum absolute atomic E-state index is 0.0626. The van der Waals surface area contributed by atoms with Crippen molar-refractivity contribution in [3.63, 3.8) is 0 Å². The number of aryl methyl sites for hydroxylation is 1. The van der Waals surface area contributed by atoms with E-state index in [1.54, 1.807) is 0 Å². The zero-order valence-electron chi connectivity index (χ0n) is 16.7. The lowest BCUT2D eigenvalue weighted by Crippen LogP contribution is -2.33. The lowest BCUT2D eigenvalue weighted by atomic mass is 10.2. The van der Waals surface area contributed by atoms with Crippen molar-refractivity contribution in [2.45, 2.75) is 39.0 Å². The fourth-order valence-electron chi connectivity index (χ4n) is 3.74. The average Bonchev–Trinajstić information content (AvgIpc) is 3.23. The molecule has 3 heterocycles. The highest BCUT2D eigenvalue weighted by Crippen LogP contribution is 2.30. The molecule has 0 unspecified atom stereocenters. The van der Waals surface area contributed by atoms with Crippen LogP contribution in [0.15, 0.2) is 36.4 Å². The molecule has 29 heavy (non-hydrogen) atoms. The second-order valence-electron chi connectivity index (χ2n) is 7.46. The molecule has 2 aromatic heterocycles. The number of carbonyl (C=O) groups is 2. The van der Waals surface area contributed by atoms with Crippen molar-refractivity contribution in [1.29, 1.82) is 0 Å². The molecule has 4 rings (SSSR count). The first-order valence-corrected chi connectivity index (χ1v) is 11.1. The Labute approximate surface area is 174 Å². The van der Waals surface area contributed by atoms with E-state index in [0.717, 1.165) is 53.8 Å². The molecule has 1 aliphatic rings. The van der Waals surface area contributed by atoms with E-state index < -0.39 is 0 Å². The summed E-state index contributed by atoms with van der Waals surface area (Å²) in [5.41, 5.74) is 1.90. The Balaban J connectivity index is 1.38. The van der Waals surface area contributed by atoms with Gasteiger partial charge in [-0.05, 0) is 44.4 Å². The number of thiophene rings is 1. The van der Waals surface area contributed by atoms with Crippen LogP contribution in [0.1, 0.15) is 47.5 Å². The van der Waals surface area contributed by atoms with Gasteiger partial charge in [-0.15, -0.1) is 11.3 Å². The van der Waals surface area contributed by atoms with Crippen molar-refractivity contribution in [2.75, 3.05) is 19.6 Å². The van der Waals surface area contributed by atoms with Crippen molar-refractivity contribution in [2.24, 2.45) is 0 Å². The maximum atomic E-state index is 12.6. The highest BCUT2D eigenvalue weighted by molar-refractivity contribution is 7.20. The number of fused-ring (bicyclic) bond motifs is 1. The van der Waals surface area contributed by atoms with Gasteiger partial charge in [-0.3, -0.25) is 9.59 Å². The van der Waals surface area contributed by atoms with E-state index >= 15 is 0 Å². The van der Waals surface area contributed by atoms with Crippen molar-refractivity contribution >= 4 is 33.4 Å². The van der Waals surface area contributed by atoms with E-state index in [1.807, 2.05) is 52.9 Å². The Kier molecular flexibility index (Phi) is 5.94. The van der Waals surface area contributed by atoms with Gasteiger partial charge in [-0.2, -0.15) is 5.10 Å². The van der Waals surface area contributed by atoms with Crippen LogP contribution in [0.25, 0.3) is 15.9 Å². The minimum Gasteiger partial charge on any atom is -0.351 e. The number of rotatable bonds is 6. The lowest BCUT2D eigenvalue weighted by molar-refractivity contribution is -0.130. The van der Waals surface area contributed by atoms with Crippen molar-refractivity contribution < 1.29 is 9.59 Å². The summed E-state index contributed by atoms with van der Waals surface area (Å²) in [5, 5.41) is 8.64. The number of likely N-dealkylation sites (tertiary alicyclic amines) is 1. The molecule has 7 heteroatoms. The van der Waals surface area contributed by atoms with Gasteiger partial charge in [0.1, 0.15) is 4.83 Å². The van der Waals surface area contributed by atoms with Gasteiger partial charge in [-0.25, -0.2) is 4.68 Å². The fourth-order valence-corrected chi connectivity index (χ4v) is 4.84. The van der Waals surface area contributed by atoms with Crippen LogP contribution < -0.4 is 5.32 Å². The van der Waals surface area contributed by atoms with Gasteiger partial charge in [-0.1, -0.05) is 24.6 Å². The average molecular weight is 411 g/mol. The zero-order valence-corrected chi connectivity index (χ0v) is 17.5. The Hall–Kier alpha value is -2.67. The molecule has 6 nitrogen and oxygen atoms in total. The Morgan fingerprint density at radius 1 is 1.21 bits per heavy atom. The van der Waals surface area contributed by atoms with E-state index in [4.69, 9.17) is 0 Å². The first-order valence-electron chi connectivity index (χ1n) is 10.2. The van der Waals surface area contributed by atoms with Gasteiger partial charge in [0.2, 0.25) is 5.91 Å². The summed E-state index contributed by atoms with van der Waals surface area (Å²) in [6, 6.07) is 11.9. The number of hydrogen-bond acceptors (Lipinski definition) is 4. The van der Waals surface area contributed by atoms with Gasteiger partial charge >= 0.3 is 0 Å². The molecule has 0 saturated carbocycles. The summed E-state index contributed by atoms with van der Waals surface area (Å²) < 4.78 is 1.90. The molecule has 1 aromatic carbocycles. The maximum absolute atomic E-state index is 12.6. The molecule has 0 radical (unpaired) electrons. The first kappa shape index (κ1) is 19.6. The number of aromatic nitrogens is 2. The third-order valence-electron chi connectivity index (χ3n) is 5.33. The number of nitrogens with one attached hydrogen (secondary N) is 1. The van der Waals surface area contributed by atoms with Crippen molar-refractivity contribution in [3.8, 4) is 5.69 Å². The van der Waals surface area contributed by atoms with Gasteiger partial charge in [0.25, 0.3) is 5.91 Å². The predicted octanol–water partition coefficient (Wildman–Crippen LogP) is 3.92. The van der Waals surface area contributed by atoms with Gasteiger partial charge < -0.3 is 10.2 Å². The van der Waals surface area contributed by atoms with Crippen LogP contribution in [0.3, 0.4) is 0 Å². The smallest absolute Gasteiger partial charge is 0.261 e. The summed E-state index contributed by atoms with van der Waals surface area (Å²) in [6.45, 7) is 4.10. The summed E-state index contributed by atoms with van der Waals surface area (Å²) in [6.07, 6.45) is 4.64. The van der Waals surface area contributed by atoms with E-state index in [2.05, 4.69) is 10.4 Å². The zero-order chi connectivity index (χ0) is 20.2. The SMILES string of the molecule is Cc1nn(-c2ccccc2)c2sc(C(=O)NCCCN3CCCCCC3=O)cc12. The second-order valence-corrected chi connectivity index (χ2v) is 8.49. The molecular weight excluding hydrogens is 384 g/mol. The van der Waals surface area contributed by atoms with Crippen LogP contribution in [0.5, 0.6) is 0 Å². The van der Waals surface area contributed by atoms with E-state index in [0.29, 0.717) is 24.4 Å². The summed E-state index contributed by atoms with van der Waals surface area (Å²) in [5.74, 6) is 0.187. The van der Waals surface area contributed by atoms with Crippen LogP contribution in [0, 0.1) is 6.92 Å². The number of benzene rings is 1. The Morgan fingerprint density at radius 3 is 2.86 bits per heavy atom. The maximum Gasteiger partial charge on any atom is 0.261 e. The lowest BCUT2D eigenvalue weighted by Gasteiger charge is -2.20. The first-order chi connectivity index (χ1) is 14.1. The van der Waals surface area contributed by atoms with E-state index in [-0.39, 0.29) is 11.8 Å². The van der Waals surface area contributed by atoms with Gasteiger partial charge in [0, 0.05) is 31.4 Å². The number of para-hydroxylation sites is 1. The number of amides is 2. The van der Waals surface area contributed by atoms with Crippen molar-refractivity contribution in [1.82, 2.24) is 20.0 Å². The molecular formula is C22H26N4O2S. The second kappa shape index (κ2) is 8.78. The summed E-state index contributed by atoms with van der Waals surface area (Å²) in [4.78, 5) is 28.3. The molecule has 1 N–H and O–H groups in total. The van der Waals surface area contributed by atoms with E-state index in [9.17, 15) is 9.59 Å². The fraction of sp³-hybridized carbons (Fsp3) is 0.409. The highest BCUT2D eigenvalue weighted by Gasteiger charge is 2.18. The standard InChI is InChI=1S/C22H26N4O2S/c1-16-18-15-19(29-22(18)26(24-16)17-9-4-2-5-10-17)21(28)23-12-8-14-25-13-7-3-6-11-20(25)27/h2,4-5,9-10,15H,3,6-8,11-14H2,1H3,(H,23,28). The third-order valence-corrected chi connectivity index (χ3v) is 6.44. The summed E-state index contributed by atoms with van der Waals surface area (Å²) >= 11 is 1.46. The molecule has 1 fully saturated rings. The van der Waals surface area contributed by atoms with E-state index in [1.165, 1.54) is 11.3 Å². The number of nitrogens with zero attached hydrogens (tertiary/aromatic N) is 3. The monoisotopic (exact) mass is 410 g/mol. The highest BCUT2D eigenvalue weighted by atomic mass is 32.1. The Bertz CT molecular complexity index is 1010. The topological polar surface area (TPSA) is 67.2 Å². The molecule has 0 spiro atoms. The minimum atomic E-state index is -0.0626. The van der Waals surface area contributed by atoms with Crippen LogP contribution in [0.4, 0.5) is 0 Å². The Morgan fingerprint density at radius 2 is 2.03 bits per heavy atom. The predicted molar refractivity (Wildman–Crippen MR) is 116 cm³/mol. The molecule has 2 amide bonds. The largest absolute Gasteiger partial charge is 0.351 e. The van der Waals surface area contributed by atoms with Crippen LogP contribution in [0.2, 0.25) is 0 Å². The summed E-state index contributed by atoms with van der Waals surface area (Å²) in [7, 11) is 0. The normalized spacial score (nSPS) is 14.9. The third kappa shape index (κ3) is 4.34.